The summed E-state index contributed by atoms with van der Waals surface area (Å²) >= 11 is 0. The van der Waals surface area contributed by atoms with Crippen LogP contribution in [-0.2, 0) is 13.1 Å². The maximum Gasteiger partial charge on any atom is 0.316 e. The van der Waals surface area contributed by atoms with Crippen molar-refractivity contribution >= 4 is 27.8 Å². The van der Waals surface area contributed by atoms with Crippen LogP contribution in [-0.4, -0.2) is 36.4 Å². The topological polar surface area (TPSA) is 121 Å². The van der Waals surface area contributed by atoms with Gasteiger partial charge in [0.25, 0.3) is 11.5 Å². The Morgan fingerprint density at radius 1 is 1.06 bits per heavy atom. The van der Waals surface area contributed by atoms with Crippen molar-refractivity contribution in [1.29, 1.82) is 0 Å². The number of hydrogen-bond donors (Lipinski definition) is 2. The average molecular weight is 433 g/mol. The molecule has 0 aliphatic rings. The molecule has 0 unspecified atom stereocenters. The highest BCUT2D eigenvalue weighted by Gasteiger charge is 2.21. The minimum absolute atomic E-state index is 0.111. The summed E-state index contributed by atoms with van der Waals surface area (Å²) < 4.78 is 1.37. The van der Waals surface area contributed by atoms with Crippen LogP contribution in [0.5, 0.6) is 0 Å². The molecule has 32 heavy (non-hydrogen) atoms. The Hall–Kier alpha value is -4.01. The van der Waals surface area contributed by atoms with E-state index in [-0.39, 0.29) is 24.1 Å². The molecule has 0 atom stereocenters. The van der Waals surface area contributed by atoms with Crippen LogP contribution in [0.1, 0.15) is 37.0 Å². The molecule has 2 N–H and O–H groups in total. The number of rotatable bonds is 5. The molecular formula is C23H23N5O4. The van der Waals surface area contributed by atoms with Crippen LogP contribution >= 0.6 is 0 Å². The SMILES string of the molecule is CCn1c(=O)c(=O)[nH]c2cc(C(=O)N(Cc3nc4ccccc4c(=O)[nH]3)C(C)C)ccc21. The van der Waals surface area contributed by atoms with Crippen LogP contribution in [0.4, 0.5) is 0 Å². The molecule has 9 nitrogen and oxygen atoms in total. The number of para-hydroxylation sites is 1. The fourth-order valence-electron chi connectivity index (χ4n) is 3.75. The van der Waals surface area contributed by atoms with Gasteiger partial charge in [0.05, 0.1) is 28.5 Å². The van der Waals surface area contributed by atoms with Gasteiger partial charge in [-0.15, -0.1) is 0 Å². The molecule has 164 valence electrons. The zero-order valence-corrected chi connectivity index (χ0v) is 18.0. The molecule has 9 heteroatoms. The lowest BCUT2D eigenvalue weighted by molar-refractivity contribution is 0.0685. The number of H-pyrrole nitrogens is 2. The van der Waals surface area contributed by atoms with Crippen LogP contribution in [0.25, 0.3) is 21.9 Å². The second-order valence-electron chi connectivity index (χ2n) is 7.79. The minimum Gasteiger partial charge on any atom is -0.329 e. The average Bonchev–Trinajstić information content (AvgIpc) is 2.77. The second kappa shape index (κ2) is 8.26. The maximum absolute atomic E-state index is 13.3. The first-order valence-electron chi connectivity index (χ1n) is 10.4. The van der Waals surface area contributed by atoms with E-state index >= 15 is 0 Å². The van der Waals surface area contributed by atoms with E-state index in [1.54, 1.807) is 54.3 Å². The van der Waals surface area contributed by atoms with Crippen LogP contribution in [0.3, 0.4) is 0 Å². The quantitative estimate of drug-likeness (QED) is 0.466. The van der Waals surface area contributed by atoms with E-state index in [1.807, 2.05) is 13.8 Å². The first-order valence-corrected chi connectivity index (χ1v) is 10.4. The monoisotopic (exact) mass is 433 g/mol. The Balaban J connectivity index is 1.73. The molecule has 0 saturated heterocycles. The van der Waals surface area contributed by atoms with Crippen molar-refractivity contribution in [1.82, 2.24) is 24.4 Å². The predicted molar refractivity (Wildman–Crippen MR) is 122 cm³/mol. The third-order valence-corrected chi connectivity index (χ3v) is 5.40. The molecule has 0 fully saturated rings. The number of aryl methyl sites for hydroxylation is 1. The maximum atomic E-state index is 13.3. The zero-order valence-electron chi connectivity index (χ0n) is 18.0. The van der Waals surface area contributed by atoms with Gasteiger partial charge in [0.2, 0.25) is 0 Å². The third kappa shape index (κ3) is 3.73. The summed E-state index contributed by atoms with van der Waals surface area (Å²) in [5.74, 6) is 0.0950. The van der Waals surface area contributed by atoms with Crippen LogP contribution in [0.2, 0.25) is 0 Å². The van der Waals surface area contributed by atoms with Gasteiger partial charge in [-0.3, -0.25) is 19.2 Å². The number of aromatic amines is 2. The lowest BCUT2D eigenvalue weighted by atomic mass is 10.1. The van der Waals surface area contributed by atoms with Crippen LogP contribution in [0.15, 0.2) is 56.8 Å². The fourth-order valence-corrected chi connectivity index (χ4v) is 3.75. The normalized spacial score (nSPS) is 11.4. The minimum atomic E-state index is -0.734. The van der Waals surface area contributed by atoms with E-state index in [2.05, 4.69) is 15.0 Å². The van der Waals surface area contributed by atoms with E-state index in [4.69, 9.17) is 0 Å². The van der Waals surface area contributed by atoms with Crippen LogP contribution in [0, 0.1) is 0 Å². The first-order chi connectivity index (χ1) is 15.3. The van der Waals surface area contributed by atoms with Crippen molar-refractivity contribution in [3.8, 4) is 0 Å². The Bertz CT molecular complexity index is 1510. The van der Waals surface area contributed by atoms with Crippen molar-refractivity contribution < 1.29 is 4.79 Å². The van der Waals surface area contributed by atoms with Gasteiger partial charge in [0.15, 0.2) is 0 Å². The summed E-state index contributed by atoms with van der Waals surface area (Å²) in [6.07, 6.45) is 0. The molecule has 0 aliphatic heterocycles. The highest BCUT2D eigenvalue weighted by atomic mass is 16.2. The predicted octanol–water partition coefficient (Wildman–Crippen LogP) is 2.00. The fraction of sp³-hybridized carbons (Fsp3) is 0.261. The summed E-state index contributed by atoms with van der Waals surface area (Å²) in [5, 5.41) is 0.485. The smallest absolute Gasteiger partial charge is 0.316 e. The zero-order chi connectivity index (χ0) is 23.0. The lowest BCUT2D eigenvalue weighted by Crippen LogP contribution is -2.38. The molecule has 2 aromatic heterocycles. The molecule has 0 radical (unpaired) electrons. The Morgan fingerprint density at radius 2 is 1.81 bits per heavy atom. The van der Waals surface area contributed by atoms with Crippen molar-refractivity contribution in [2.24, 2.45) is 0 Å². The Morgan fingerprint density at radius 3 is 2.53 bits per heavy atom. The molecular weight excluding hydrogens is 410 g/mol. The molecule has 2 aromatic carbocycles. The first kappa shape index (κ1) is 21.2. The summed E-state index contributed by atoms with van der Waals surface area (Å²) in [5.41, 5.74) is 0.238. The van der Waals surface area contributed by atoms with Gasteiger partial charge < -0.3 is 19.4 Å². The number of aromatic nitrogens is 4. The third-order valence-electron chi connectivity index (χ3n) is 5.40. The number of amides is 1. The number of carbonyl (C=O) groups is 1. The number of carbonyl (C=O) groups excluding carboxylic acids is 1. The molecule has 0 saturated carbocycles. The van der Waals surface area contributed by atoms with Gasteiger partial charge in [0.1, 0.15) is 5.82 Å². The standard InChI is InChI=1S/C23H23N5O4/c1-4-27-18-10-9-14(11-17(18)25-21(30)23(27)32)22(31)28(13(2)3)12-19-24-16-8-6-5-7-15(16)20(29)26-19/h5-11,13H,4,12H2,1-3H3,(H,25,30)(H,24,26,29). The largest absolute Gasteiger partial charge is 0.329 e. The van der Waals surface area contributed by atoms with Gasteiger partial charge in [-0.2, -0.15) is 0 Å². The van der Waals surface area contributed by atoms with E-state index in [9.17, 15) is 19.2 Å². The van der Waals surface area contributed by atoms with E-state index in [0.29, 0.717) is 39.9 Å². The molecule has 0 bridgehead atoms. The molecule has 4 rings (SSSR count). The van der Waals surface area contributed by atoms with Crippen molar-refractivity contribution in [3.05, 3.63) is 84.9 Å². The van der Waals surface area contributed by atoms with Gasteiger partial charge in [0, 0.05) is 18.2 Å². The van der Waals surface area contributed by atoms with Gasteiger partial charge in [-0.25, -0.2) is 4.98 Å². The Labute approximate surface area is 182 Å². The molecule has 0 aliphatic carbocycles. The number of fused-ring (bicyclic) bond motifs is 2. The van der Waals surface area contributed by atoms with Crippen molar-refractivity contribution in [2.75, 3.05) is 0 Å². The number of nitrogens with zero attached hydrogens (tertiary/aromatic N) is 3. The number of nitrogens with one attached hydrogen (secondary N) is 2. The molecule has 1 amide bonds. The molecule has 2 heterocycles. The van der Waals surface area contributed by atoms with Gasteiger partial charge in [-0.05, 0) is 51.1 Å². The number of hydrogen-bond acceptors (Lipinski definition) is 5. The summed E-state index contributed by atoms with van der Waals surface area (Å²) in [6.45, 7) is 5.96. The highest BCUT2D eigenvalue weighted by Crippen LogP contribution is 2.17. The molecule has 4 aromatic rings. The van der Waals surface area contributed by atoms with Crippen LogP contribution < -0.4 is 16.7 Å². The Kier molecular flexibility index (Phi) is 5.48. The number of benzene rings is 2. The van der Waals surface area contributed by atoms with Crippen molar-refractivity contribution in [3.63, 3.8) is 0 Å². The molecule has 0 spiro atoms. The summed E-state index contributed by atoms with van der Waals surface area (Å²) in [4.78, 5) is 61.2. The summed E-state index contributed by atoms with van der Waals surface area (Å²) in [6, 6.07) is 11.7. The van der Waals surface area contributed by atoms with Crippen molar-refractivity contribution in [2.45, 2.75) is 39.9 Å². The second-order valence-corrected chi connectivity index (χ2v) is 7.79. The van der Waals surface area contributed by atoms with E-state index in [0.717, 1.165) is 0 Å². The van der Waals surface area contributed by atoms with Gasteiger partial charge >= 0.3 is 11.1 Å². The summed E-state index contributed by atoms with van der Waals surface area (Å²) in [7, 11) is 0. The van der Waals surface area contributed by atoms with Gasteiger partial charge in [-0.1, -0.05) is 12.1 Å². The van der Waals surface area contributed by atoms with E-state index in [1.165, 1.54) is 4.57 Å². The van der Waals surface area contributed by atoms with E-state index < -0.39 is 11.1 Å². The lowest BCUT2D eigenvalue weighted by Gasteiger charge is -2.26. The highest BCUT2D eigenvalue weighted by molar-refractivity contribution is 5.97.